The Morgan fingerprint density at radius 3 is 2.43 bits per heavy atom. The number of carbonyl (C=O) groups excluding carboxylic acids is 1. The number of amides is 1. The lowest BCUT2D eigenvalue weighted by atomic mass is 10.0. The standard InChI is InChI=1S/C27H30N6O2/c1-5-35-23-11-10-21-8-6-7-9-22(21)26(23)27(34)32-14-12-31(13-15-32)24-16-25(30-20(4)29-24)33-17-28-18(2)19(33)3/h6-11,16-17H,5,12-15H2,1-4H3. The van der Waals surface area contributed by atoms with Crippen LogP contribution in [0.15, 0.2) is 48.8 Å². The van der Waals surface area contributed by atoms with Crippen LogP contribution in [0.25, 0.3) is 16.6 Å². The summed E-state index contributed by atoms with van der Waals surface area (Å²) in [4.78, 5) is 31.5. The molecule has 8 nitrogen and oxygen atoms in total. The molecule has 0 bridgehead atoms. The zero-order chi connectivity index (χ0) is 24.5. The van der Waals surface area contributed by atoms with Crippen molar-refractivity contribution in [3.05, 3.63) is 71.6 Å². The normalized spacial score (nSPS) is 13.9. The molecule has 4 aromatic rings. The molecule has 2 aromatic carbocycles. The van der Waals surface area contributed by atoms with Crippen LogP contribution in [0.1, 0.15) is 34.5 Å². The average molecular weight is 471 g/mol. The number of carbonyl (C=O) groups is 1. The molecule has 8 heteroatoms. The van der Waals surface area contributed by atoms with Crippen LogP contribution in [-0.2, 0) is 0 Å². The highest BCUT2D eigenvalue weighted by Crippen LogP contribution is 2.30. The van der Waals surface area contributed by atoms with Crippen molar-refractivity contribution in [2.45, 2.75) is 27.7 Å². The number of hydrogen-bond donors (Lipinski definition) is 0. The fourth-order valence-corrected chi connectivity index (χ4v) is 4.60. The Bertz CT molecular complexity index is 1390. The van der Waals surface area contributed by atoms with Crippen molar-refractivity contribution in [1.29, 1.82) is 0 Å². The molecular weight excluding hydrogens is 440 g/mol. The van der Waals surface area contributed by atoms with Crippen molar-refractivity contribution >= 4 is 22.5 Å². The van der Waals surface area contributed by atoms with Gasteiger partial charge in [0.2, 0.25) is 0 Å². The molecule has 1 amide bonds. The molecule has 0 aliphatic carbocycles. The maximum absolute atomic E-state index is 13.7. The van der Waals surface area contributed by atoms with E-state index in [9.17, 15) is 4.79 Å². The van der Waals surface area contributed by atoms with Crippen LogP contribution >= 0.6 is 0 Å². The van der Waals surface area contributed by atoms with Gasteiger partial charge in [-0.2, -0.15) is 0 Å². The molecule has 35 heavy (non-hydrogen) atoms. The summed E-state index contributed by atoms with van der Waals surface area (Å²) >= 11 is 0. The Morgan fingerprint density at radius 1 is 0.971 bits per heavy atom. The van der Waals surface area contributed by atoms with E-state index < -0.39 is 0 Å². The molecule has 0 saturated carbocycles. The summed E-state index contributed by atoms with van der Waals surface area (Å²) < 4.78 is 7.83. The SMILES string of the molecule is CCOc1ccc2ccccc2c1C(=O)N1CCN(c2cc(-n3cnc(C)c3C)nc(C)n2)CC1. The number of aryl methyl sites for hydroxylation is 2. The molecule has 1 fully saturated rings. The summed E-state index contributed by atoms with van der Waals surface area (Å²) in [6, 6.07) is 13.9. The Balaban J connectivity index is 1.38. The highest BCUT2D eigenvalue weighted by atomic mass is 16.5. The predicted octanol–water partition coefficient (Wildman–Crippen LogP) is 4.10. The first-order chi connectivity index (χ1) is 17.0. The lowest BCUT2D eigenvalue weighted by molar-refractivity contribution is 0.0744. The fraction of sp³-hybridized carbons (Fsp3) is 0.333. The molecule has 2 aromatic heterocycles. The molecule has 1 aliphatic rings. The first kappa shape index (κ1) is 22.8. The number of nitrogens with zero attached hydrogens (tertiary/aromatic N) is 6. The fourth-order valence-electron chi connectivity index (χ4n) is 4.60. The van der Waals surface area contributed by atoms with Crippen molar-refractivity contribution in [3.8, 4) is 11.6 Å². The van der Waals surface area contributed by atoms with Gasteiger partial charge in [-0.1, -0.05) is 30.3 Å². The number of anilines is 1. The molecule has 1 saturated heterocycles. The van der Waals surface area contributed by atoms with E-state index in [4.69, 9.17) is 4.74 Å². The third-order valence-corrected chi connectivity index (χ3v) is 6.60. The zero-order valence-electron chi connectivity index (χ0n) is 20.7. The smallest absolute Gasteiger partial charge is 0.258 e. The van der Waals surface area contributed by atoms with Gasteiger partial charge >= 0.3 is 0 Å². The van der Waals surface area contributed by atoms with Gasteiger partial charge < -0.3 is 14.5 Å². The van der Waals surface area contributed by atoms with Crippen molar-refractivity contribution in [2.75, 3.05) is 37.7 Å². The van der Waals surface area contributed by atoms with Gasteiger partial charge in [-0.15, -0.1) is 0 Å². The molecule has 180 valence electrons. The summed E-state index contributed by atoms with van der Waals surface area (Å²) in [5.41, 5.74) is 2.68. The van der Waals surface area contributed by atoms with Crippen LogP contribution in [0, 0.1) is 20.8 Å². The molecule has 0 spiro atoms. The Hall–Kier alpha value is -3.94. The van der Waals surface area contributed by atoms with E-state index in [-0.39, 0.29) is 5.91 Å². The van der Waals surface area contributed by atoms with Crippen LogP contribution < -0.4 is 9.64 Å². The number of aromatic nitrogens is 4. The second-order valence-electron chi connectivity index (χ2n) is 8.79. The number of rotatable bonds is 5. The zero-order valence-corrected chi connectivity index (χ0v) is 20.7. The molecular formula is C27H30N6O2. The summed E-state index contributed by atoms with van der Waals surface area (Å²) in [5, 5.41) is 1.96. The van der Waals surface area contributed by atoms with Gasteiger partial charge in [0.05, 0.1) is 17.9 Å². The number of ether oxygens (including phenoxy) is 1. The van der Waals surface area contributed by atoms with Gasteiger partial charge in [0.15, 0.2) is 0 Å². The van der Waals surface area contributed by atoms with Gasteiger partial charge in [-0.25, -0.2) is 15.0 Å². The van der Waals surface area contributed by atoms with Crippen LogP contribution in [0.2, 0.25) is 0 Å². The number of hydrogen-bond acceptors (Lipinski definition) is 6. The highest BCUT2D eigenvalue weighted by molar-refractivity contribution is 6.09. The first-order valence-electron chi connectivity index (χ1n) is 12.0. The molecule has 3 heterocycles. The van der Waals surface area contributed by atoms with Gasteiger partial charge in [0.25, 0.3) is 5.91 Å². The minimum atomic E-state index is 0.00831. The van der Waals surface area contributed by atoms with E-state index >= 15 is 0 Å². The maximum atomic E-state index is 13.7. The van der Waals surface area contributed by atoms with E-state index in [2.05, 4.69) is 19.9 Å². The van der Waals surface area contributed by atoms with Crippen molar-refractivity contribution in [1.82, 2.24) is 24.4 Å². The lowest BCUT2D eigenvalue weighted by Crippen LogP contribution is -2.49. The molecule has 5 rings (SSSR count). The summed E-state index contributed by atoms with van der Waals surface area (Å²) in [6.45, 7) is 11.0. The third-order valence-electron chi connectivity index (χ3n) is 6.60. The van der Waals surface area contributed by atoms with Crippen LogP contribution in [0.5, 0.6) is 5.75 Å². The topological polar surface area (TPSA) is 76.4 Å². The summed E-state index contributed by atoms with van der Waals surface area (Å²) in [6.07, 6.45) is 1.80. The number of piperazine rings is 1. The van der Waals surface area contributed by atoms with Gasteiger partial charge in [-0.3, -0.25) is 9.36 Å². The third kappa shape index (κ3) is 4.32. The average Bonchev–Trinajstić information content (AvgIpc) is 3.21. The minimum Gasteiger partial charge on any atom is -0.493 e. The molecule has 1 aliphatic heterocycles. The molecule has 0 unspecified atom stereocenters. The van der Waals surface area contributed by atoms with E-state index in [0.29, 0.717) is 49.9 Å². The van der Waals surface area contributed by atoms with E-state index in [1.165, 1.54) is 0 Å². The molecule has 0 atom stereocenters. The second-order valence-corrected chi connectivity index (χ2v) is 8.79. The van der Waals surface area contributed by atoms with Crippen molar-refractivity contribution in [3.63, 3.8) is 0 Å². The quantitative estimate of drug-likeness (QED) is 0.437. The lowest BCUT2D eigenvalue weighted by Gasteiger charge is -2.36. The number of fused-ring (bicyclic) bond motifs is 1. The summed E-state index contributed by atoms with van der Waals surface area (Å²) in [7, 11) is 0. The Morgan fingerprint density at radius 2 is 1.71 bits per heavy atom. The second kappa shape index (κ2) is 9.37. The Kier molecular flexibility index (Phi) is 6.11. The number of benzene rings is 2. The highest BCUT2D eigenvalue weighted by Gasteiger charge is 2.27. The molecule has 0 N–H and O–H groups in total. The largest absolute Gasteiger partial charge is 0.493 e. The van der Waals surface area contributed by atoms with Crippen molar-refractivity contribution < 1.29 is 9.53 Å². The monoisotopic (exact) mass is 470 g/mol. The molecule has 0 radical (unpaired) electrons. The van der Waals surface area contributed by atoms with Crippen LogP contribution in [0.4, 0.5) is 5.82 Å². The van der Waals surface area contributed by atoms with Crippen molar-refractivity contribution in [2.24, 2.45) is 0 Å². The van der Waals surface area contributed by atoms with Gasteiger partial charge in [0, 0.05) is 37.9 Å². The van der Waals surface area contributed by atoms with Crippen LogP contribution in [-0.4, -0.2) is 63.1 Å². The van der Waals surface area contributed by atoms with E-state index in [1.54, 1.807) is 6.33 Å². The Labute approximate surface area is 205 Å². The van der Waals surface area contributed by atoms with Crippen LogP contribution in [0.3, 0.4) is 0 Å². The van der Waals surface area contributed by atoms with E-state index in [1.807, 2.05) is 79.6 Å². The maximum Gasteiger partial charge on any atom is 0.258 e. The summed E-state index contributed by atoms with van der Waals surface area (Å²) in [5.74, 6) is 3.03. The number of imidazole rings is 1. The van der Waals surface area contributed by atoms with Gasteiger partial charge in [-0.05, 0) is 44.5 Å². The predicted molar refractivity (Wildman–Crippen MR) is 137 cm³/mol. The minimum absolute atomic E-state index is 0.00831. The first-order valence-corrected chi connectivity index (χ1v) is 12.0. The van der Waals surface area contributed by atoms with E-state index in [0.717, 1.165) is 33.8 Å². The van der Waals surface area contributed by atoms with Gasteiger partial charge in [0.1, 0.15) is 29.5 Å².